The van der Waals surface area contributed by atoms with Gasteiger partial charge in [-0.2, -0.15) is 0 Å². The van der Waals surface area contributed by atoms with Gasteiger partial charge in [0, 0.05) is 12.6 Å². The fourth-order valence-corrected chi connectivity index (χ4v) is 1.91. The monoisotopic (exact) mass is 279 g/mol. The maximum absolute atomic E-state index is 11.8. The van der Waals surface area contributed by atoms with Crippen molar-refractivity contribution in [3.05, 3.63) is 0 Å². The van der Waals surface area contributed by atoms with E-state index in [2.05, 4.69) is 24.1 Å². The van der Waals surface area contributed by atoms with E-state index < -0.39 is 0 Å². The number of carbonyl (C=O) groups excluding carboxylic acids is 1. The van der Waals surface area contributed by atoms with Crippen LogP contribution in [0.15, 0.2) is 0 Å². The lowest BCUT2D eigenvalue weighted by Gasteiger charge is -2.35. The lowest BCUT2D eigenvalue weighted by atomic mass is 9.84. The van der Waals surface area contributed by atoms with Crippen LogP contribution in [0.1, 0.15) is 40.5 Å². The van der Waals surface area contributed by atoms with Crippen molar-refractivity contribution in [1.29, 1.82) is 0 Å². The first-order chi connectivity index (χ1) is 7.70. The molecule has 2 atom stereocenters. The zero-order valence-corrected chi connectivity index (χ0v) is 13.4. The molecule has 5 heteroatoms. The number of halogens is 1. The van der Waals surface area contributed by atoms with E-state index in [1.54, 1.807) is 0 Å². The highest BCUT2D eigenvalue weighted by Gasteiger charge is 2.28. The molecule has 0 radical (unpaired) electrons. The Morgan fingerprint density at radius 2 is 1.89 bits per heavy atom. The average Bonchev–Trinajstić information content (AvgIpc) is 2.15. The van der Waals surface area contributed by atoms with Crippen molar-refractivity contribution < 1.29 is 4.79 Å². The van der Waals surface area contributed by atoms with Gasteiger partial charge in [0.1, 0.15) is 0 Å². The van der Waals surface area contributed by atoms with E-state index in [0.717, 1.165) is 19.4 Å². The quantitative estimate of drug-likeness (QED) is 0.745. The lowest BCUT2D eigenvalue weighted by Crippen LogP contribution is -2.51. The van der Waals surface area contributed by atoms with E-state index in [0.29, 0.717) is 0 Å². The van der Waals surface area contributed by atoms with E-state index in [1.807, 2.05) is 27.9 Å². The second kappa shape index (κ2) is 8.73. The second-order valence-electron chi connectivity index (χ2n) is 5.85. The summed E-state index contributed by atoms with van der Waals surface area (Å²) in [5.74, 6) is -0.0359. The summed E-state index contributed by atoms with van der Waals surface area (Å²) in [7, 11) is 4.08. The van der Waals surface area contributed by atoms with E-state index in [9.17, 15) is 4.79 Å². The number of nitrogens with one attached hydrogen (secondary N) is 1. The molecule has 0 spiro atoms. The van der Waals surface area contributed by atoms with Gasteiger partial charge in [-0.05, 0) is 32.9 Å². The van der Waals surface area contributed by atoms with Crippen LogP contribution in [0.3, 0.4) is 0 Å². The minimum Gasteiger partial charge on any atom is -0.352 e. The molecular weight excluding hydrogens is 250 g/mol. The standard InChI is InChI=1S/C13H29N3O.ClH/c1-7-8-11(14)12(17)15-10(2)13(3,4)9-16(5)6;/h10-11H,7-9,14H2,1-6H3,(H,15,17);1H. The molecule has 0 bridgehead atoms. The normalized spacial score (nSPS) is 14.9. The molecule has 1 amide bonds. The Hall–Kier alpha value is -0.320. The largest absolute Gasteiger partial charge is 0.352 e. The third kappa shape index (κ3) is 7.19. The summed E-state index contributed by atoms with van der Waals surface area (Å²) in [6.45, 7) is 9.32. The molecule has 0 saturated carbocycles. The second-order valence-corrected chi connectivity index (χ2v) is 5.85. The van der Waals surface area contributed by atoms with Crippen molar-refractivity contribution in [1.82, 2.24) is 10.2 Å². The molecule has 2 unspecified atom stereocenters. The topological polar surface area (TPSA) is 58.4 Å². The molecular formula is C13H30ClN3O. The zero-order valence-electron chi connectivity index (χ0n) is 12.6. The summed E-state index contributed by atoms with van der Waals surface area (Å²) in [6.07, 6.45) is 1.68. The van der Waals surface area contributed by atoms with E-state index >= 15 is 0 Å². The number of nitrogens with two attached hydrogens (primary N) is 1. The maximum atomic E-state index is 11.8. The van der Waals surface area contributed by atoms with Crippen LogP contribution in [0.2, 0.25) is 0 Å². The SMILES string of the molecule is CCCC(N)C(=O)NC(C)C(C)(C)CN(C)C.Cl. The summed E-state index contributed by atoms with van der Waals surface area (Å²) in [6, 6.07) is -0.266. The predicted octanol–water partition coefficient (Wildman–Crippen LogP) is 1.63. The molecule has 0 aromatic rings. The van der Waals surface area contributed by atoms with Crippen molar-refractivity contribution in [2.24, 2.45) is 11.1 Å². The van der Waals surface area contributed by atoms with E-state index in [1.165, 1.54) is 0 Å². The van der Waals surface area contributed by atoms with Crippen LogP contribution in [0.25, 0.3) is 0 Å². The molecule has 0 rings (SSSR count). The smallest absolute Gasteiger partial charge is 0.237 e. The van der Waals surface area contributed by atoms with E-state index in [4.69, 9.17) is 5.73 Å². The van der Waals surface area contributed by atoms with Gasteiger partial charge in [0.2, 0.25) is 5.91 Å². The summed E-state index contributed by atoms with van der Waals surface area (Å²) < 4.78 is 0. The van der Waals surface area contributed by atoms with Crippen LogP contribution >= 0.6 is 12.4 Å². The number of hydrogen-bond acceptors (Lipinski definition) is 3. The number of amides is 1. The number of nitrogens with zero attached hydrogens (tertiary/aromatic N) is 1. The first-order valence-corrected chi connectivity index (χ1v) is 6.41. The van der Waals surface area contributed by atoms with Crippen molar-refractivity contribution in [2.75, 3.05) is 20.6 Å². The molecule has 3 N–H and O–H groups in total. The number of carbonyl (C=O) groups is 1. The molecule has 0 aromatic heterocycles. The van der Waals surface area contributed by atoms with Crippen LogP contribution in [-0.2, 0) is 4.79 Å². The van der Waals surface area contributed by atoms with Crippen LogP contribution in [0, 0.1) is 5.41 Å². The maximum Gasteiger partial charge on any atom is 0.237 e. The van der Waals surface area contributed by atoms with Crippen LogP contribution in [0.5, 0.6) is 0 Å². The first-order valence-electron chi connectivity index (χ1n) is 6.41. The Morgan fingerprint density at radius 3 is 2.28 bits per heavy atom. The highest BCUT2D eigenvalue weighted by molar-refractivity contribution is 5.85. The molecule has 0 aromatic carbocycles. The van der Waals surface area contributed by atoms with Crippen LogP contribution in [-0.4, -0.2) is 43.5 Å². The number of rotatable bonds is 7. The fraction of sp³-hybridized carbons (Fsp3) is 0.923. The predicted molar refractivity (Wildman–Crippen MR) is 80.1 cm³/mol. The summed E-state index contributed by atoms with van der Waals surface area (Å²) in [5, 5.41) is 3.02. The summed E-state index contributed by atoms with van der Waals surface area (Å²) in [5.41, 5.74) is 5.83. The highest BCUT2D eigenvalue weighted by atomic mass is 35.5. The van der Waals surface area contributed by atoms with Crippen molar-refractivity contribution in [3.63, 3.8) is 0 Å². The Morgan fingerprint density at radius 1 is 1.39 bits per heavy atom. The van der Waals surface area contributed by atoms with Crippen molar-refractivity contribution >= 4 is 18.3 Å². The minimum absolute atomic E-state index is 0. The van der Waals surface area contributed by atoms with Crippen LogP contribution < -0.4 is 11.1 Å². The fourth-order valence-electron chi connectivity index (χ4n) is 1.91. The zero-order chi connectivity index (χ0) is 13.6. The van der Waals surface area contributed by atoms with Crippen molar-refractivity contribution in [2.45, 2.75) is 52.6 Å². The Balaban J connectivity index is 0. The first kappa shape index (κ1) is 20.0. The Bertz CT molecular complexity index is 244. The summed E-state index contributed by atoms with van der Waals surface area (Å²) >= 11 is 0. The minimum atomic E-state index is -0.377. The molecule has 18 heavy (non-hydrogen) atoms. The van der Waals surface area contributed by atoms with Gasteiger partial charge >= 0.3 is 0 Å². The molecule has 0 fully saturated rings. The Labute approximate surface area is 118 Å². The van der Waals surface area contributed by atoms with Gasteiger partial charge < -0.3 is 16.0 Å². The third-order valence-electron chi connectivity index (χ3n) is 3.19. The Kier molecular flexibility index (Phi) is 9.70. The van der Waals surface area contributed by atoms with Crippen molar-refractivity contribution in [3.8, 4) is 0 Å². The summed E-state index contributed by atoms with van der Waals surface area (Å²) in [4.78, 5) is 14.0. The van der Waals surface area contributed by atoms with E-state index in [-0.39, 0.29) is 35.8 Å². The molecule has 0 aliphatic heterocycles. The van der Waals surface area contributed by atoms with Gasteiger partial charge in [0.25, 0.3) is 0 Å². The van der Waals surface area contributed by atoms with Gasteiger partial charge in [0.15, 0.2) is 0 Å². The van der Waals surface area contributed by atoms with Gasteiger partial charge in [-0.15, -0.1) is 12.4 Å². The van der Waals surface area contributed by atoms with Gasteiger partial charge in [0.05, 0.1) is 6.04 Å². The van der Waals surface area contributed by atoms with Gasteiger partial charge in [-0.1, -0.05) is 27.2 Å². The molecule has 110 valence electrons. The third-order valence-corrected chi connectivity index (χ3v) is 3.19. The average molecular weight is 280 g/mol. The van der Waals surface area contributed by atoms with Gasteiger partial charge in [-0.3, -0.25) is 4.79 Å². The lowest BCUT2D eigenvalue weighted by molar-refractivity contribution is -0.124. The molecule has 0 heterocycles. The van der Waals surface area contributed by atoms with Gasteiger partial charge in [-0.25, -0.2) is 0 Å². The van der Waals surface area contributed by atoms with Crippen LogP contribution in [0.4, 0.5) is 0 Å². The molecule has 4 nitrogen and oxygen atoms in total. The highest BCUT2D eigenvalue weighted by Crippen LogP contribution is 2.21. The number of hydrogen-bond donors (Lipinski definition) is 2. The molecule has 0 aliphatic carbocycles. The molecule has 0 saturated heterocycles. The molecule has 0 aliphatic rings.